The lowest BCUT2D eigenvalue weighted by Crippen LogP contribution is -2.42. The van der Waals surface area contributed by atoms with Crippen LogP contribution >= 0.6 is 0 Å². The Hall–Kier alpha value is -2.34. The van der Waals surface area contributed by atoms with Crippen LogP contribution in [0.2, 0.25) is 0 Å². The van der Waals surface area contributed by atoms with Crippen LogP contribution in [0, 0.1) is 5.92 Å². The molecule has 6 nitrogen and oxygen atoms in total. The minimum absolute atomic E-state index is 0.0523. The highest BCUT2D eigenvalue weighted by Gasteiger charge is 2.32. The van der Waals surface area contributed by atoms with E-state index in [-0.39, 0.29) is 11.9 Å². The number of imidazole rings is 1. The molecule has 0 aliphatic carbocycles. The van der Waals surface area contributed by atoms with Gasteiger partial charge in [-0.2, -0.15) is 0 Å². The lowest BCUT2D eigenvalue weighted by Gasteiger charge is -2.39. The highest BCUT2D eigenvalue weighted by atomic mass is 16.5. The first-order chi connectivity index (χ1) is 12.6. The molecule has 3 rings (SSSR count). The summed E-state index contributed by atoms with van der Waals surface area (Å²) in [5.41, 5.74) is 1.84. The summed E-state index contributed by atoms with van der Waals surface area (Å²) in [5, 5.41) is 3.12. The molecular formula is C20H28N4O2. The molecule has 1 aromatic heterocycles. The average Bonchev–Trinajstić information content (AvgIpc) is 3.06. The van der Waals surface area contributed by atoms with Gasteiger partial charge in [0, 0.05) is 25.4 Å². The maximum atomic E-state index is 12.6. The normalized spacial score (nSPS) is 20.7. The van der Waals surface area contributed by atoms with Crippen molar-refractivity contribution in [3.05, 3.63) is 48.0 Å². The average molecular weight is 356 g/mol. The van der Waals surface area contributed by atoms with Crippen LogP contribution in [0.5, 0.6) is 5.75 Å². The van der Waals surface area contributed by atoms with Gasteiger partial charge in [0.25, 0.3) is 5.91 Å². The monoisotopic (exact) mass is 356 g/mol. The van der Waals surface area contributed by atoms with Crippen LogP contribution in [0.25, 0.3) is 0 Å². The fraction of sp³-hybridized carbons (Fsp3) is 0.500. The van der Waals surface area contributed by atoms with Gasteiger partial charge < -0.3 is 14.6 Å². The van der Waals surface area contributed by atoms with Gasteiger partial charge in [-0.25, -0.2) is 4.98 Å². The van der Waals surface area contributed by atoms with E-state index in [0.717, 1.165) is 25.1 Å². The number of hydrogen-bond acceptors (Lipinski definition) is 4. The van der Waals surface area contributed by atoms with E-state index in [0.29, 0.717) is 24.6 Å². The van der Waals surface area contributed by atoms with E-state index in [1.165, 1.54) is 5.69 Å². The minimum atomic E-state index is -0.0523. The van der Waals surface area contributed by atoms with E-state index in [9.17, 15) is 4.79 Å². The van der Waals surface area contributed by atoms with Gasteiger partial charge in [-0.3, -0.25) is 9.69 Å². The van der Waals surface area contributed by atoms with Crippen LogP contribution in [0.15, 0.2) is 36.8 Å². The van der Waals surface area contributed by atoms with Gasteiger partial charge >= 0.3 is 0 Å². The molecule has 0 saturated carbocycles. The predicted octanol–water partition coefficient (Wildman–Crippen LogP) is 2.63. The minimum Gasteiger partial charge on any atom is -0.494 e. The molecule has 1 aliphatic heterocycles. The van der Waals surface area contributed by atoms with Gasteiger partial charge in [0.05, 0.1) is 24.7 Å². The molecule has 0 spiro atoms. The fourth-order valence-electron chi connectivity index (χ4n) is 3.81. The molecule has 6 heteroatoms. The number of ether oxygens (including phenoxy) is 1. The molecule has 1 aliphatic rings. The van der Waals surface area contributed by atoms with E-state index in [1.54, 1.807) is 6.07 Å². The number of nitrogens with zero attached hydrogens (tertiary/aromatic N) is 3. The molecular weight excluding hydrogens is 328 g/mol. The van der Waals surface area contributed by atoms with Crippen molar-refractivity contribution in [1.82, 2.24) is 19.8 Å². The highest BCUT2D eigenvalue weighted by molar-refractivity contribution is 5.94. The topological polar surface area (TPSA) is 59.4 Å². The first-order valence-corrected chi connectivity index (χ1v) is 9.27. The van der Waals surface area contributed by atoms with E-state index in [2.05, 4.69) is 26.8 Å². The van der Waals surface area contributed by atoms with Crippen molar-refractivity contribution in [2.24, 2.45) is 13.0 Å². The summed E-state index contributed by atoms with van der Waals surface area (Å²) in [6, 6.07) is 7.61. The van der Waals surface area contributed by atoms with Gasteiger partial charge in [0.2, 0.25) is 0 Å². The summed E-state index contributed by atoms with van der Waals surface area (Å²) >= 11 is 0. The maximum Gasteiger partial charge on any atom is 0.251 e. The number of carbonyl (C=O) groups is 1. The number of amides is 1. The Kier molecular flexibility index (Phi) is 5.93. The van der Waals surface area contributed by atoms with E-state index in [4.69, 9.17) is 4.74 Å². The van der Waals surface area contributed by atoms with Crippen LogP contribution in [0.1, 0.15) is 41.9 Å². The number of hydrogen-bond donors (Lipinski definition) is 1. The quantitative estimate of drug-likeness (QED) is 0.864. The second-order valence-corrected chi connectivity index (χ2v) is 6.93. The smallest absolute Gasteiger partial charge is 0.251 e. The zero-order valence-corrected chi connectivity index (χ0v) is 15.8. The summed E-state index contributed by atoms with van der Waals surface area (Å²) in [5.74, 6) is 1.04. The van der Waals surface area contributed by atoms with Gasteiger partial charge in [-0.1, -0.05) is 6.07 Å². The van der Waals surface area contributed by atoms with Gasteiger partial charge in [-0.15, -0.1) is 0 Å². The van der Waals surface area contributed by atoms with Crippen molar-refractivity contribution in [1.29, 1.82) is 0 Å². The predicted molar refractivity (Wildman–Crippen MR) is 101 cm³/mol. The number of nitrogens with one attached hydrogen (secondary N) is 1. The van der Waals surface area contributed by atoms with Crippen LogP contribution in [0.3, 0.4) is 0 Å². The first kappa shape index (κ1) is 18.5. The highest BCUT2D eigenvalue weighted by Crippen LogP contribution is 2.34. The van der Waals surface area contributed by atoms with Crippen molar-refractivity contribution in [3.63, 3.8) is 0 Å². The van der Waals surface area contributed by atoms with E-state index < -0.39 is 0 Å². The van der Waals surface area contributed by atoms with E-state index >= 15 is 0 Å². The number of rotatable bonds is 6. The standard InChI is InChI=1S/C20H28N4O2/c1-4-26-17-9-5-7-15(11-17)20(25)22-12-16-8-6-10-23(2)19(16)18-13-21-14-24(18)3/h5,7,9,11,13-14,16,19H,4,6,8,10,12H2,1-3H3,(H,22,25)/t16-,19+/m0/s1. The Morgan fingerprint density at radius 3 is 2.96 bits per heavy atom. The number of aryl methyl sites for hydroxylation is 1. The van der Waals surface area contributed by atoms with Gasteiger partial charge in [0.1, 0.15) is 5.75 Å². The third-order valence-corrected chi connectivity index (χ3v) is 5.10. The second kappa shape index (κ2) is 8.36. The Labute approximate surface area is 155 Å². The van der Waals surface area contributed by atoms with Crippen molar-refractivity contribution >= 4 is 5.91 Å². The lowest BCUT2D eigenvalue weighted by molar-refractivity contribution is 0.0881. The Bertz CT molecular complexity index is 743. The number of carbonyl (C=O) groups excluding carboxylic acids is 1. The molecule has 2 atom stereocenters. The molecule has 140 valence electrons. The van der Waals surface area contributed by atoms with Crippen LogP contribution < -0.4 is 10.1 Å². The molecule has 1 aromatic carbocycles. The summed E-state index contributed by atoms with van der Waals surface area (Å²) in [6.07, 6.45) is 6.02. The molecule has 2 heterocycles. The fourth-order valence-corrected chi connectivity index (χ4v) is 3.81. The van der Waals surface area contributed by atoms with Gasteiger partial charge in [-0.05, 0) is 57.5 Å². The molecule has 0 radical (unpaired) electrons. The number of likely N-dealkylation sites (tertiary alicyclic amines) is 1. The Balaban J connectivity index is 1.68. The lowest BCUT2D eigenvalue weighted by atomic mass is 9.87. The number of piperidine rings is 1. The summed E-state index contributed by atoms with van der Waals surface area (Å²) in [7, 11) is 4.18. The Morgan fingerprint density at radius 1 is 1.38 bits per heavy atom. The Morgan fingerprint density at radius 2 is 2.23 bits per heavy atom. The van der Waals surface area contributed by atoms with Gasteiger partial charge in [0.15, 0.2) is 0 Å². The molecule has 0 unspecified atom stereocenters. The van der Waals surface area contributed by atoms with E-state index in [1.807, 2.05) is 44.7 Å². The summed E-state index contributed by atoms with van der Waals surface area (Å²) < 4.78 is 7.56. The maximum absolute atomic E-state index is 12.6. The molecule has 26 heavy (non-hydrogen) atoms. The van der Waals surface area contributed by atoms with Crippen LogP contribution in [-0.4, -0.2) is 47.1 Å². The zero-order valence-electron chi connectivity index (χ0n) is 15.8. The molecule has 1 amide bonds. The van der Waals surface area contributed by atoms with Crippen molar-refractivity contribution < 1.29 is 9.53 Å². The van der Waals surface area contributed by atoms with Crippen LogP contribution in [0.4, 0.5) is 0 Å². The summed E-state index contributed by atoms with van der Waals surface area (Å²) in [6.45, 7) is 4.24. The molecule has 2 aromatic rings. The third kappa shape index (κ3) is 4.07. The second-order valence-electron chi connectivity index (χ2n) is 6.93. The molecule has 1 saturated heterocycles. The zero-order chi connectivity index (χ0) is 18.5. The number of aromatic nitrogens is 2. The third-order valence-electron chi connectivity index (χ3n) is 5.10. The van der Waals surface area contributed by atoms with Crippen LogP contribution in [-0.2, 0) is 7.05 Å². The summed E-state index contributed by atoms with van der Waals surface area (Å²) in [4.78, 5) is 19.2. The number of benzene rings is 1. The molecule has 0 bridgehead atoms. The van der Waals surface area contributed by atoms with Crippen molar-refractivity contribution in [2.75, 3.05) is 26.7 Å². The first-order valence-electron chi connectivity index (χ1n) is 9.27. The molecule has 1 fully saturated rings. The van der Waals surface area contributed by atoms with Crippen molar-refractivity contribution in [3.8, 4) is 5.75 Å². The largest absolute Gasteiger partial charge is 0.494 e. The SMILES string of the molecule is CCOc1cccc(C(=O)NC[C@@H]2CCCN(C)[C@H]2c2cncn2C)c1. The molecule has 1 N–H and O–H groups in total. The van der Waals surface area contributed by atoms with Crippen molar-refractivity contribution in [2.45, 2.75) is 25.8 Å².